The molecule has 2 heterocycles. The molecule has 2 nitrogen and oxygen atoms in total. The zero-order valence-corrected chi connectivity index (χ0v) is 49.2. The van der Waals surface area contributed by atoms with Crippen molar-refractivity contribution < 1.29 is 0 Å². The first-order valence-corrected chi connectivity index (χ1v) is 31.2. The Morgan fingerprint density at radius 1 is 0.315 bits per heavy atom. The zero-order valence-electron chi connectivity index (χ0n) is 49.2. The van der Waals surface area contributed by atoms with Crippen LogP contribution in [0.25, 0.3) is 116 Å². The topological polar surface area (TPSA) is 9.86 Å². The van der Waals surface area contributed by atoms with Crippen molar-refractivity contribution in [2.24, 2.45) is 0 Å². The van der Waals surface area contributed by atoms with Crippen LogP contribution in [0.15, 0.2) is 321 Å². The maximum atomic E-state index is 3.58. The second-order valence-corrected chi connectivity index (χ2v) is 23.9. The molecule has 0 amide bonds. The minimum Gasteiger partial charge on any atom is -0.309 e. The molecule has 89 heavy (non-hydrogen) atoms. The molecular weight excluding hydrogens is 1070 g/mol. The predicted molar refractivity (Wildman–Crippen MR) is 374 cm³/mol. The van der Waals surface area contributed by atoms with Crippen molar-refractivity contribution in [3.63, 3.8) is 0 Å². The second kappa shape index (κ2) is 21.6. The predicted octanol–water partition coefficient (Wildman–Crippen LogP) is 22.3. The van der Waals surface area contributed by atoms with Crippen LogP contribution in [0.5, 0.6) is 0 Å². The van der Waals surface area contributed by atoms with Crippen LogP contribution in [0.2, 0.25) is 0 Å². The molecule has 0 bridgehead atoms. The van der Waals surface area contributed by atoms with E-state index in [1.54, 1.807) is 0 Å². The fourth-order valence-corrected chi connectivity index (χ4v) is 15.0. The number of fused-ring (bicyclic) bond motifs is 8. The van der Waals surface area contributed by atoms with Crippen LogP contribution in [0.1, 0.15) is 59.1 Å². The SMILES string of the molecule is C1#CC/C(c2ccccc2C2(c3cccc(-c4ccc(-c5ccc(-c6cccc(-n7c8ccccc8c8cc(-c9ccc%10c(c9)c9ccccc9n%10-c9ccccc9)ccc87)c6)cc5)cc4)c3)C3=C(C=CCC3)c3ccccc32)=C\C=C(\c2ccccc2)C1. The highest BCUT2D eigenvalue weighted by atomic mass is 15.0. The molecule has 3 aliphatic carbocycles. The number of hydrogen-bond donors (Lipinski definition) is 0. The number of nitrogens with zero attached hydrogens (tertiary/aromatic N) is 2. The first kappa shape index (κ1) is 52.1. The molecule has 14 aromatic rings. The lowest BCUT2D eigenvalue weighted by atomic mass is 9.63. The summed E-state index contributed by atoms with van der Waals surface area (Å²) < 4.78 is 4.81. The first-order valence-electron chi connectivity index (χ1n) is 31.2. The number of hydrogen-bond acceptors (Lipinski definition) is 0. The molecule has 418 valence electrons. The lowest BCUT2D eigenvalue weighted by Gasteiger charge is -2.38. The molecule has 0 saturated carbocycles. The number of para-hydroxylation sites is 3. The van der Waals surface area contributed by atoms with Crippen molar-refractivity contribution in [2.45, 2.75) is 31.1 Å². The van der Waals surface area contributed by atoms with E-state index in [-0.39, 0.29) is 0 Å². The van der Waals surface area contributed by atoms with E-state index in [9.17, 15) is 0 Å². The molecule has 0 N–H and O–H groups in total. The Hall–Kier alpha value is -11.2. The van der Waals surface area contributed by atoms with Gasteiger partial charge in [0.1, 0.15) is 0 Å². The second-order valence-electron chi connectivity index (χ2n) is 23.9. The van der Waals surface area contributed by atoms with Gasteiger partial charge in [0.2, 0.25) is 0 Å². The van der Waals surface area contributed by atoms with Crippen LogP contribution < -0.4 is 0 Å². The van der Waals surface area contributed by atoms with Gasteiger partial charge in [-0.1, -0.05) is 261 Å². The van der Waals surface area contributed by atoms with E-state index in [0.29, 0.717) is 6.42 Å². The third-order valence-corrected chi connectivity index (χ3v) is 19.1. The van der Waals surface area contributed by atoms with Gasteiger partial charge in [-0.05, 0) is 180 Å². The Labute approximate surface area is 519 Å². The molecule has 0 fully saturated rings. The van der Waals surface area contributed by atoms with Crippen LogP contribution in [0.3, 0.4) is 0 Å². The fraction of sp³-hybridized carbons (Fsp3) is 0.0575. The third kappa shape index (κ3) is 8.72. The lowest BCUT2D eigenvalue weighted by molar-refractivity contribution is 0.694. The summed E-state index contributed by atoms with van der Waals surface area (Å²) in [5, 5.41) is 4.98. The summed E-state index contributed by atoms with van der Waals surface area (Å²) in [6, 6.07) is 108. The van der Waals surface area contributed by atoms with Gasteiger partial charge in [0.25, 0.3) is 0 Å². The van der Waals surface area contributed by atoms with Gasteiger partial charge in [0.05, 0.1) is 27.5 Å². The molecule has 17 rings (SSSR count). The molecular formula is C87H60N2. The van der Waals surface area contributed by atoms with E-state index in [1.807, 2.05) is 0 Å². The molecule has 0 aliphatic heterocycles. The van der Waals surface area contributed by atoms with Crippen LogP contribution in [0.4, 0.5) is 0 Å². The molecule has 0 radical (unpaired) electrons. The van der Waals surface area contributed by atoms with Gasteiger partial charge in [-0.3, -0.25) is 0 Å². The molecule has 12 aromatic carbocycles. The van der Waals surface area contributed by atoms with Crippen LogP contribution in [0, 0.1) is 11.8 Å². The van der Waals surface area contributed by atoms with Gasteiger partial charge < -0.3 is 9.13 Å². The molecule has 3 aliphatic rings. The zero-order chi connectivity index (χ0) is 58.8. The lowest BCUT2D eigenvalue weighted by Crippen LogP contribution is -2.31. The third-order valence-electron chi connectivity index (χ3n) is 19.1. The molecule has 0 saturated heterocycles. The number of allylic oxidation sites excluding steroid dienone is 8. The monoisotopic (exact) mass is 1130 g/mol. The fourth-order valence-electron chi connectivity index (χ4n) is 15.0. The van der Waals surface area contributed by atoms with E-state index < -0.39 is 5.41 Å². The number of rotatable bonds is 10. The van der Waals surface area contributed by atoms with Gasteiger partial charge in [0.15, 0.2) is 0 Å². The van der Waals surface area contributed by atoms with Crippen LogP contribution >= 0.6 is 0 Å². The van der Waals surface area contributed by atoms with E-state index in [1.165, 1.54) is 149 Å². The summed E-state index contributed by atoms with van der Waals surface area (Å²) in [4.78, 5) is 0. The summed E-state index contributed by atoms with van der Waals surface area (Å²) in [7, 11) is 0. The number of aromatic nitrogens is 2. The maximum absolute atomic E-state index is 3.58. The van der Waals surface area contributed by atoms with Crippen LogP contribution in [-0.2, 0) is 5.41 Å². The molecule has 0 spiro atoms. The van der Waals surface area contributed by atoms with E-state index >= 15 is 0 Å². The van der Waals surface area contributed by atoms with Crippen molar-refractivity contribution in [3.05, 3.63) is 354 Å². The average molecular weight is 1130 g/mol. The van der Waals surface area contributed by atoms with E-state index in [4.69, 9.17) is 0 Å². The minimum absolute atomic E-state index is 0.508. The average Bonchev–Trinajstić information content (AvgIpc) is 1.58. The molecule has 2 aromatic heterocycles. The van der Waals surface area contributed by atoms with E-state index in [0.717, 1.165) is 24.9 Å². The molecule has 1 unspecified atom stereocenters. The Kier molecular flexibility index (Phi) is 12.7. The summed E-state index contributed by atoms with van der Waals surface area (Å²) in [5.74, 6) is 7.11. The van der Waals surface area contributed by atoms with Gasteiger partial charge in [-0.15, -0.1) is 0 Å². The summed E-state index contributed by atoms with van der Waals surface area (Å²) >= 11 is 0. The standard InChI is InChI=1S/C87H60N2/c1-3-21-59(22-4-1)60-23-7-8-24-65(50-49-60)73-31-9-14-36-80(73)87(81-37-15-10-32-74(81)75-33-11-16-38-82(75)87)70-27-19-25-66(55-70)63-45-41-61(42-46-63)62-43-47-64(48-44-62)67-26-20-30-72(56-67)89-84-40-18-13-35-77(84)79-58-69(52-54-86(79)89)68-51-53-85-78(57-68)76-34-12-17-39-83(76)88(85)71-28-5-2-6-29-71/h1-6,9-15,17-22,25-37,39-58H,16,23-24,38H2/b60-49+,65-50+. The minimum atomic E-state index is -0.508. The van der Waals surface area contributed by atoms with Crippen molar-refractivity contribution in [1.29, 1.82) is 0 Å². The summed E-state index contributed by atoms with van der Waals surface area (Å²) in [6.07, 6.45) is 12.8. The molecule has 2 heteroatoms. The Morgan fingerprint density at radius 3 is 1.42 bits per heavy atom. The highest BCUT2D eigenvalue weighted by molar-refractivity contribution is 6.13. The van der Waals surface area contributed by atoms with Crippen molar-refractivity contribution in [2.75, 3.05) is 0 Å². The smallest absolute Gasteiger partial charge is 0.0682 e. The van der Waals surface area contributed by atoms with Gasteiger partial charge in [-0.2, -0.15) is 0 Å². The Bertz CT molecular complexity index is 5340. The van der Waals surface area contributed by atoms with Gasteiger partial charge in [0, 0.05) is 45.8 Å². The highest BCUT2D eigenvalue weighted by Crippen LogP contribution is 2.59. The van der Waals surface area contributed by atoms with Gasteiger partial charge in [-0.25, -0.2) is 0 Å². The first-order chi connectivity index (χ1) is 44.1. The number of benzene rings is 12. The van der Waals surface area contributed by atoms with E-state index in [2.05, 4.69) is 336 Å². The van der Waals surface area contributed by atoms with Crippen molar-refractivity contribution >= 4 is 60.3 Å². The summed E-state index contributed by atoms with van der Waals surface area (Å²) in [6.45, 7) is 0. The Morgan fingerprint density at radius 2 is 0.764 bits per heavy atom. The normalized spacial score (nSPS) is 16.5. The largest absolute Gasteiger partial charge is 0.309 e. The quantitative estimate of drug-likeness (QED) is 0.121. The Balaban J connectivity index is 0.681. The highest BCUT2D eigenvalue weighted by Gasteiger charge is 2.48. The van der Waals surface area contributed by atoms with Gasteiger partial charge >= 0.3 is 0 Å². The molecule has 1 atom stereocenters. The maximum Gasteiger partial charge on any atom is 0.0682 e. The van der Waals surface area contributed by atoms with Crippen LogP contribution in [-0.4, -0.2) is 9.13 Å². The van der Waals surface area contributed by atoms with Crippen molar-refractivity contribution in [3.8, 4) is 67.7 Å². The summed E-state index contributed by atoms with van der Waals surface area (Å²) in [5.41, 5.74) is 29.2. The van der Waals surface area contributed by atoms with Crippen molar-refractivity contribution in [1.82, 2.24) is 9.13 Å².